The number of aromatic nitrogens is 2. The van der Waals surface area contributed by atoms with Gasteiger partial charge in [-0.15, -0.1) is 0 Å². The van der Waals surface area contributed by atoms with E-state index in [0.717, 1.165) is 30.6 Å². The Balaban J connectivity index is 1.55. The molecule has 0 saturated carbocycles. The van der Waals surface area contributed by atoms with E-state index in [1.807, 2.05) is 23.1 Å². The maximum atomic E-state index is 12.9. The molecule has 5 heteroatoms. The first-order chi connectivity index (χ1) is 13.7. The van der Waals surface area contributed by atoms with Crippen molar-refractivity contribution < 1.29 is 4.79 Å². The van der Waals surface area contributed by atoms with Crippen LogP contribution < -0.4 is 10.2 Å². The number of carbonyl (C=O) groups excluding carboxylic acids is 1. The zero-order chi connectivity index (χ0) is 19.5. The van der Waals surface area contributed by atoms with Crippen molar-refractivity contribution in [3.63, 3.8) is 0 Å². The van der Waals surface area contributed by atoms with Crippen molar-refractivity contribution in [1.29, 1.82) is 0 Å². The first-order valence-electron chi connectivity index (χ1n) is 9.80. The molecule has 1 aliphatic rings. The average molecular weight is 372 g/mol. The second kappa shape index (κ2) is 7.80. The molecule has 5 nitrogen and oxygen atoms in total. The lowest BCUT2D eigenvalue weighted by molar-refractivity contribution is 0.0988. The zero-order valence-electron chi connectivity index (χ0n) is 16.3. The van der Waals surface area contributed by atoms with Crippen molar-refractivity contribution >= 4 is 23.2 Å². The third-order valence-electron chi connectivity index (χ3n) is 5.27. The quantitative estimate of drug-likeness (QED) is 0.714. The maximum Gasteiger partial charge on any atom is 0.261 e. The summed E-state index contributed by atoms with van der Waals surface area (Å²) < 4.78 is 0. The lowest BCUT2D eigenvalue weighted by Crippen LogP contribution is -2.29. The number of fused-ring (bicyclic) bond motifs is 1. The summed E-state index contributed by atoms with van der Waals surface area (Å²) in [6.45, 7) is 4.97. The molecule has 1 aromatic heterocycles. The zero-order valence-corrected chi connectivity index (χ0v) is 16.3. The summed E-state index contributed by atoms with van der Waals surface area (Å²) in [5, 5.41) is 3.35. The Hall–Kier alpha value is -3.21. The Morgan fingerprint density at radius 2 is 1.68 bits per heavy atom. The Labute approximate surface area is 165 Å². The van der Waals surface area contributed by atoms with Crippen LogP contribution in [0.2, 0.25) is 0 Å². The van der Waals surface area contributed by atoms with E-state index in [0.29, 0.717) is 18.1 Å². The number of benzene rings is 2. The van der Waals surface area contributed by atoms with Crippen LogP contribution in [0.5, 0.6) is 0 Å². The SMILES string of the molecule is CCc1cccc(CC)c1Nc1ncc(C(=O)N2CCc3ccccc32)cn1. The second-order valence-electron chi connectivity index (χ2n) is 6.91. The maximum absolute atomic E-state index is 12.9. The number of anilines is 3. The topological polar surface area (TPSA) is 58.1 Å². The summed E-state index contributed by atoms with van der Waals surface area (Å²) in [5.41, 5.74) is 6.23. The molecule has 28 heavy (non-hydrogen) atoms. The van der Waals surface area contributed by atoms with Crippen molar-refractivity contribution in [2.45, 2.75) is 33.1 Å². The summed E-state index contributed by atoms with van der Waals surface area (Å²) in [6.07, 6.45) is 5.97. The Kier molecular flexibility index (Phi) is 5.06. The second-order valence-corrected chi connectivity index (χ2v) is 6.91. The fraction of sp³-hybridized carbons (Fsp3) is 0.261. The third-order valence-corrected chi connectivity index (χ3v) is 5.27. The first kappa shape index (κ1) is 18.2. The molecule has 0 aliphatic carbocycles. The van der Waals surface area contributed by atoms with E-state index in [1.165, 1.54) is 16.7 Å². The van der Waals surface area contributed by atoms with Crippen molar-refractivity contribution in [1.82, 2.24) is 9.97 Å². The number of nitrogens with zero attached hydrogens (tertiary/aromatic N) is 3. The molecule has 0 atom stereocenters. The van der Waals surface area contributed by atoms with Gasteiger partial charge in [0.15, 0.2) is 0 Å². The van der Waals surface area contributed by atoms with Gasteiger partial charge in [-0.3, -0.25) is 4.79 Å². The highest BCUT2D eigenvalue weighted by Gasteiger charge is 2.25. The smallest absolute Gasteiger partial charge is 0.261 e. The van der Waals surface area contributed by atoms with E-state index in [4.69, 9.17) is 0 Å². The van der Waals surface area contributed by atoms with Crippen LogP contribution in [-0.4, -0.2) is 22.4 Å². The number of hydrogen-bond acceptors (Lipinski definition) is 4. The average Bonchev–Trinajstić information content (AvgIpc) is 3.18. The van der Waals surface area contributed by atoms with Crippen LogP contribution in [0.1, 0.15) is 40.9 Å². The highest BCUT2D eigenvalue weighted by Crippen LogP contribution is 2.29. The fourth-order valence-corrected chi connectivity index (χ4v) is 3.72. The Bertz CT molecular complexity index is 975. The number of carbonyl (C=O) groups is 1. The summed E-state index contributed by atoms with van der Waals surface area (Å²) in [5.74, 6) is 0.452. The molecular formula is C23H24N4O. The van der Waals surface area contributed by atoms with Crippen molar-refractivity contribution in [2.75, 3.05) is 16.8 Å². The first-order valence-corrected chi connectivity index (χ1v) is 9.80. The fourth-order valence-electron chi connectivity index (χ4n) is 3.72. The van der Waals surface area contributed by atoms with Gasteiger partial charge in [-0.25, -0.2) is 9.97 Å². The van der Waals surface area contributed by atoms with Gasteiger partial charge in [-0.2, -0.15) is 0 Å². The van der Waals surface area contributed by atoms with Crippen LogP contribution in [0, 0.1) is 0 Å². The van der Waals surface area contributed by atoms with Crippen LogP contribution in [0.3, 0.4) is 0 Å². The van der Waals surface area contributed by atoms with E-state index in [2.05, 4.69) is 53.4 Å². The number of nitrogens with one attached hydrogen (secondary N) is 1. The molecule has 2 heterocycles. The van der Waals surface area contributed by atoms with E-state index in [1.54, 1.807) is 12.4 Å². The molecule has 1 N–H and O–H groups in total. The molecule has 0 radical (unpaired) electrons. The minimum absolute atomic E-state index is 0.0558. The number of amides is 1. The van der Waals surface area contributed by atoms with E-state index in [9.17, 15) is 4.79 Å². The van der Waals surface area contributed by atoms with Crippen LogP contribution in [0.15, 0.2) is 54.9 Å². The van der Waals surface area contributed by atoms with Crippen molar-refractivity contribution in [3.05, 3.63) is 77.1 Å². The predicted molar refractivity (Wildman–Crippen MR) is 112 cm³/mol. The summed E-state index contributed by atoms with van der Waals surface area (Å²) in [6, 6.07) is 14.3. The molecule has 1 aliphatic heterocycles. The summed E-state index contributed by atoms with van der Waals surface area (Å²) in [4.78, 5) is 23.5. The molecule has 0 unspecified atom stereocenters. The van der Waals surface area contributed by atoms with Gasteiger partial charge in [0, 0.05) is 30.3 Å². The largest absolute Gasteiger partial charge is 0.324 e. The number of hydrogen-bond donors (Lipinski definition) is 1. The minimum Gasteiger partial charge on any atom is -0.324 e. The lowest BCUT2D eigenvalue weighted by Gasteiger charge is -2.17. The highest BCUT2D eigenvalue weighted by molar-refractivity contribution is 6.07. The predicted octanol–water partition coefficient (Wildman–Crippen LogP) is 4.55. The number of para-hydroxylation sites is 2. The van der Waals surface area contributed by atoms with E-state index < -0.39 is 0 Å². The monoisotopic (exact) mass is 372 g/mol. The molecule has 3 aromatic rings. The summed E-state index contributed by atoms with van der Waals surface area (Å²) >= 11 is 0. The van der Waals surface area contributed by atoms with Gasteiger partial charge in [0.1, 0.15) is 0 Å². The van der Waals surface area contributed by atoms with Crippen LogP contribution in [-0.2, 0) is 19.3 Å². The van der Waals surface area contributed by atoms with Crippen LogP contribution >= 0.6 is 0 Å². The van der Waals surface area contributed by atoms with Crippen molar-refractivity contribution in [3.8, 4) is 0 Å². The van der Waals surface area contributed by atoms with Crippen LogP contribution in [0.25, 0.3) is 0 Å². The Morgan fingerprint density at radius 1 is 1.00 bits per heavy atom. The van der Waals surface area contributed by atoms with E-state index in [-0.39, 0.29) is 5.91 Å². The van der Waals surface area contributed by atoms with Gasteiger partial charge in [0.2, 0.25) is 5.95 Å². The molecule has 0 spiro atoms. The van der Waals surface area contributed by atoms with Gasteiger partial charge in [0.05, 0.1) is 5.56 Å². The van der Waals surface area contributed by atoms with Gasteiger partial charge < -0.3 is 10.2 Å². The highest BCUT2D eigenvalue weighted by atomic mass is 16.2. The van der Waals surface area contributed by atoms with Crippen LogP contribution in [0.4, 0.5) is 17.3 Å². The molecule has 0 bridgehead atoms. The van der Waals surface area contributed by atoms with Gasteiger partial charge in [-0.05, 0) is 42.0 Å². The minimum atomic E-state index is -0.0558. The number of rotatable bonds is 5. The molecule has 0 fully saturated rings. The molecule has 4 rings (SSSR count). The molecule has 0 saturated heterocycles. The van der Waals surface area contributed by atoms with Gasteiger partial charge in [0.25, 0.3) is 5.91 Å². The lowest BCUT2D eigenvalue weighted by atomic mass is 10.0. The van der Waals surface area contributed by atoms with Gasteiger partial charge in [-0.1, -0.05) is 50.2 Å². The molecular weight excluding hydrogens is 348 g/mol. The summed E-state index contributed by atoms with van der Waals surface area (Å²) in [7, 11) is 0. The standard InChI is InChI=1S/C23H24N4O/c1-3-16-9-7-10-17(4-2)21(16)26-23-24-14-19(15-25-23)22(28)27-13-12-18-8-5-6-11-20(18)27/h5-11,14-15H,3-4,12-13H2,1-2H3,(H,24,25,26). The van der Waals surface area contributed by atoms with E-state index >= 15 is 0 Å². The van der Waals surface area contributed by atoms with Gasteiger partial charge >= 0.3 is 0 Å². The van der Waals surface area contributed by atoms with Crippen molar-refractivity contribution in [2.24, 2.45) is 0 Å². The molecule has 2 aromatic carbocycles. The third kappa shape index (κ3) is 3.36. The number of aryl methyl sites for hydroxylation is 2. The normalized spacial score (nSPS) is 12.7. The Morgan fingerprint density at radius 3 is 2.36 bits per heavy atom. The molecule has 142 valence electrons. The molecule has 1 amide bonds.